The molecule has 4 nitrogen and oxygen atoms in total. The molecule has 0 radical (unpaired) electrons. The Morgan fingerprint density at radius 3 is 2.19 bits per heavy atom. The first-order valence-electron chi connectivity index (χ1n) is 15.3. The summed E-state index contributed by atoms with van der Waals surface area (Å²) < 4.78 is 2.28. The number of para-hydroxylation sites is 1. The third-order valence-corrected chi connectivity index (χ3v) is 10.1. The van der Waals surface area contributed by atoms with E-state index in [0.29, 0.717) is 5.56 Å². The summed E-state index contributed by atoms with van der Waals surface area (Å²) in [4.78, 5) is 6.58. The van der Waals surface area contributed by atoms with E-state index >= 15 is 0 Å². The Hall–Kier alpha value is -3.67. The molecule has 2 N–H and O–H groups in total. The topological polar surface area (TPSA) is 47.9 Å². The van der Waals surface area contributed by atoms with Gasteiger partial charge in [0.25, 0.3) is 0 Å². The quantitative estimate of drug-likeness (QED) is 0.108. The summed E-state index contributed by atoms with van der Waals surface area (Å²) in [5, 5.41) is 12.8. The molecule has 0 saturated carbocycles. The number of anilines is 1. The second kappa shape index (κ2) is 16.9. The van der Waals surface area contributed by atoms with Crippen molar-refractivity contribution in [2.75, 3.05) is 18.0 Å². The third-order valence-electron chi connectivity index (χ3n) is 7.66. The Labute approximate surface area is 298 Å². The Balaban J connectivity index is 0.000000139. The van der Waals surface area contributed by atoms with Crippen LogP contribution in [-0.4, -0.2) is 28.5 Å². The zero-order valence-electron chi connectivity index (χ0n) is 26.6. The number of hydrogen-bond acceptors (Lipinski definition) is 4. The number of fused-ring (bicyclic) bond motifs is 1. The molecule has 0 spiro atoms. The normalized spacial score (nSPS) is 14.4. The van der Waals surface area contributed by atoms with Gasteiger partial charge < -0.3 is 15.3 Å². The van der Waals surface area contributed by atoms with Gasteiger partial charge in [0.2, 0.25) is 0 Å². The van der Waals surface area contributed by atoms with Crippen LogP contribution in [0.3, 0.4) is 0 Å². The van der Waals surface area contributed by atoms with Crippen molar-refractivity contribution < 1.29 is 20.8 Å². The second-order valence-corrected chi connectivity index (χ2v) is 14.2. The molecule has 0 bridgehead atoms. The molecule has 0 unspecified atom stereocenters. The van der Waals surface area contributed by atoms with Gasteiger partial charge in [-0.15, -0.1) is 0 Å². The molecule has 0 amide bonds. The van der Waals surface area contributed by atoms with Crippen LogP contribution in [0.25, 0.3) is 5.57 Å². The number of rotatable bonds is 4. The maximum absolute atomic E-state index is 9.54. The molecule has 7 rings (SSSR count). The van der Waals surface area contributed by atoms with Gasteiger partial charge in [0.05, 0.1) is 5.69 Å². The van der Waals surface area contributed by atoms with Gasteiger partial charge in [-0.3, -0.25) is 4.99 Å². The summed E-state index contributed by atoms with van der Waals surface area (Å²) in [6.07, 6.45) is 3.89. The van der Waals surface area contributed by atoms with Crippen LogP contribution in [0.15, 0.2) is 131 Å². The zero-order chi connectivity index (χ0) is 33.2. The van der Waals surface area contributed by atoms with Gasteiger partial charge in [0, 0.05) is 21.9 Å². The first-order valence-corrected chi connectivity index (χ1v) is 19.2. The molecule has 1 aliphatic heterocycles. The van der Waals surface area contributed by atoms with Gasteiger partial charge in [-0.2, -0.15) is 6.67 Å². The first-order chi connectivity index (χ1) is 22.8. The van der Waals surface area contributed by atoms with Gasteiger partial charge in [-0.25, -0.2) is 0 Å². The molecule has 0 atom stereocenters. The molecule has 1 aliphatic carbocycles. The fourth-order valence-electron chi connectivity index (χ4n) is 5.63. The van der Waals surface area contributed by atoms with Crippen LogP contribution < -0.4 is 10.2 Å². The molecule has 1 fully saturated rings. The van der Waals surface area contributed by atoms with E-state index in [2.05, 4.69) is 125 Å². The number of phenolic OH excluding ortho intramolecular Hbond substituents is 1. The first kappa shape index (κ1) is 34.7. The predicted molar refractivity (Wildman–Crippen MR) is 200 cm³/mol. The number of hydrogen-bond donors (Lipinski definition) is 2. The molecule has 5 aromatic rings. The van der Waals surface area contributed by atoms with Crippen molar-refractivity contribution in [1.29, 1.82) is 0 Å². The number of benzene rings is 5. The molecule has 5 aromatic carbocycles. The molecule has 0 aromatic heterocycles. The van der Waals surface area contributed by atoms with E-state index in [-0.39, 0.29) is 21.4 Å². The number of aliphatic imine (C=N–C) groups is 1. The van der Waals surface area contributed by atoms with E-state index in [4.69, 9.17) is 9.69 Å². The van der Waals surface area contributed by atoms with Gasteiger partial charge in [0.15, 0.2) is 0 Å². The molecule has 47 heavy (non-hydrogen) atoms. The maximum atomic E-state index is 9.54. The molecule has 2 aliphatic rings. The van der Waals surface area contributed by atoms with E-state index in [1.54, 1.807) is 18.3 Å². The van der Waals surface area contributed by atoms with Gasteiger partial charge in [-0.05, 0) is 75.3 Å². The minimum absolute atomic E-state index is 0.218. The van der Waals surface area contributed by atoms with Crippen LogP contribution in [0, 0.1) is 27.4 Å². The van der Waals surface area contributed by atoms with Gasteiger partial charge in [-0.1, -0.05) is 51.8 Å². The summed E-state index contributed by atoms with van der Waals surface area (Å²) in [7, 11) is 6.10. The Bertz CT molecular complexity index is 1890. The van der Waals surface area contributed by atoms with Crippen molar-refractivity contribution in [3.05, 3.63) is 171 Å². The number of nitrogens with zero attached hydrogens (tertiary/aromatic N) is 2. The van der Waals surface area contributed by atoms with Crippen LogP contribution in [0.1, 0.15) is 38.9 Å². The summed E-state index contributed by atoms with van der Waals surface area (Å²) >= 11 is 3.16. The standard InChI is InChI=1S/C15H10.C13H10BrNO.C12H17N2.ClH.Ru/c1-2-6-12(7-3-1)15-11-10-13-8-4-5-9-14(13)15;14-11-5-3-6-12(8-11)15-9-10-4-1-2-7-13(10)16;1-9-6-10(2)12(11(3)7-9)14-5-4-13-8-14;;/h1-9,11H;1-9,16H;6-8,13H,4-5H2,1-3H3;1H;/q;;-1;;+1/p-1. The molecule has 1 saturated heterocycles. The van der Waals surface area contributed by atoms with E-state index in [9.17, 15) is 5.11 Å². The average molecular weight is 792 g/mol. The number of aryl methyl sites for hydroxylation is 3. The number of halogens is 2. The Morgan fingerprint density at radius 1 is 0.851 bits per heavy atom. The van der Waals surface area contributed by atoms with Crippen molar-refractivity contribution in [2.45, 2.75) is 20.8 Å². The summed E-state index contributed by atoms with van der Waals surface area (Å²) in [6, 6.07) is 38.3. The van der Waals surface area contributed by atoms with E-state index < -0.39 is 0 Å². The summed E-state index contributed by atoms with van der Waals surface area (Å²) in [5.74, 6) is 0.237. The van der Waals surface area contributed by atoms with E-state index in [1.165, 1.54) is 48.7 Å². The molecular formula is C40H37BrClN3ORu-. The van der Waals surface area contributed by atoms with Crippen LogP contribution in [0.4, 0.5) is 11.4 Å². The predicted octanol–water partition coefficient (Wildman–Crippen LogP) is 9.93. The van der Waals surface area contributed by atoms with Crippen LogP contribution in [-0.2, 0) is 15.7 Å². The van der Waals surface area contributed by atoms with Gasteiger partial charge >= 0.3 is 112 Å². The molecule has 241 valence electrons. The summed E-state index contributed by atoms with van der Waals surface area (Å²) in [6.45, 7) is 10.7. The van der Waals surface area contributed by atoms with Gasteiger partial charge in [0.1, 0.15) is 5.75 Å². The average Bonchev–Trinajstić information content (AvgIpc) is 3.74. The minimum atomic E-state index is -0.218. The van der Waals surface area contributed by atoms with Crippen molar-refractivity contribution in [3.63, 3.8) is 0 Å². The van der Waals surface area contributed by atoms with E-state index in [1.807, 2.05) is 42.5 Å². The fraction of sp³-hybridized carbons (Fsp3) is 0.125. The number of phenols is 1. The fourth-order valence-corrected chi connectivity index (χ4v) is 7.58. The van der Waals surface area contributed by atoms with Crippen LogP contribution in [0.2, 0.25) is 0 Å². The number of allylic oxidation sites excluding steroid dienone is 1. The van der Waals surface area contributed by atoms with Crippen LogP contribution in [0.5, 0.6) is 5.75 Å². The Morgan fingerprint density at radius 2 is 1.53 bits per heavy atom. The van der Waals surface area contributed by atoms with Crippen molar-refractivity contribution in [2.24, 2.45) is 4.99 Å². The Kier molecular flexibility index (Phi) is 12.5. The second-order valence-electron chi connectivity index (χ2n) is 11.2. The summed E-state index contributed by atoms with van der Waals surface area (Å²) in [5.41, 5.74) is 12.2. The number of aromatic hydroxyl groups is 1. The molecule has 7 heteroatoms. The molecule has 1 heterocycles. The number of nitrogens with one attached hydrogen (secondary N) is 1. The van der Waals surface area contributed by atoms with Crippen LogP contribution >= 0.6 is 25.6 Å². The zero-order valence-corrected chi connectivity index (χ0v) is 30.6. The van der Waals surface area contributed by atoms with Crippen molar-refractivity contribution in [1.82, 2.24) is 5.32 Å². The monoisotopic (exact) mass is 791 g/mol. The van der Waals surface area contributed by atoms with E-state index in [0.717, 1.165) is 23.2 Å². The third kappa shape index (κ3) is 9.24. The molecular weight excluding hydrogens is 755 g/mol. The van der Waals surface area contributed by atoms with Crippen molar-refractivity contribution in [3.8, 4) is 5.75 Å². The van der Waals surface area contributed by atoms with Crippen molar-refractivity contribution >= 4 is 52.9 Å². The SMILES string of the molecule is Cc1cc(C)c(N2[CH-]NCC2)c(C)c1.Oc1ccccc1C=Nc1cccc(Br)c1.[Cl][Ru]=[C]1C=C(c2ccccc2)c2ccccc21.